The molecule has 2 N–H and O–H groups in total. The topological polar surface area (TPSA) is 77.5 Å². The maximum atomic E-state index is 11.8. The SMILES string of the molecule is CCCn1c(-c2ccc(Cl)c(S(N)(=O)=O)c2)csc1=Nc1ccccc1. The van der Waals surface area contributed by atoms with Crippen molar-refractivity contribution in [3.05, 3.63) is 63.7 Å². The van der Waals surface area contributed by atoms with E-state index in [1.165, 1.54) is 17.4 Å². The highest BCUT2D eigenvalue weighted by atomic mass is 35.5. The Hall–Kier alpha value is -1.93. The molecule has 0 unspecified atom stereocenters. The standard InChI is InChI=1S/C18H18ClN3O2S2/c1-2-10-22-16(12-25-18(22)21-14-6-4-3-5-7-14)13-8-9-15(19)17(11-13)26(20,23)24/h3-9,11-12H,2,10H2,1H3,(H2,20,23,24). The highest BCUT2D eigenvalue weighted by molar-refractivity contribution is 7.89. The largest absolute Gasteiger partial charge is 0.316 e. The summed E-state index contributed by atoms with van der Waals surface area (Å²) in [6.45, 7) is 2.84. The van der Waals surface area contributed by atoms with Crippen LogP contribution in [0.1, 0.15) is 13.3 Å². The zero-order valence-electron chi connectivity index (χ0n) is 14.1. The minimum Gasteiger partial charge on any atom is -0.316 e. The fourth-order valence-corrected chi connectivity index (χ4v) is 4.61. The molecule has 0 saturated carbocycles. The molecule has 3 aromatic rings. The number of benzene rings is 2. The van der Waals surface area contributed by atoms with Crippen molar-refractivity contribution in [2.75, 3.05) is 0 Å². The van der Waals surface area contributed by atoms with Crippen LogP contribution in [0.3, 0.4) is 0 Å². The molecule has 0 amide bonds. The number of hydrogen-bond acceptors (Lipinski definition) is 4. The summed E-state index contributed by atoms with van der Waals surface area (Å²) in [5.74, 6) is 0. The summed E-state index contributed by atoms with van der Waals surface area (Å²) in [4.78, 5) is 5.48. The van der Waals surface area contributed by atoms with Crippen LogP contribution in [-0.4, -0.2) is 13.0 Å². The zero-order valence-corrected chi connectivity index (χ0v) is 16.5. The van der Waals surface area contributed by atoms with Crippen LogP contribution in [0.2, 0.25) is 5.02 Å². The van der Waals surface area contributed by atoms with E-state index in [0.717, 1.165) is 34.7 Å². The Morgan fingerprint density at radius 2 is 1.92 bits per heavy atom. The lowest BCUT2D eigenvalue weighted by atomic mass is 10.1. The van der Waals surface area contributed by atoms with Gasteiger partial charge in [-0.15, -0.1) is 11.3 Å². The van der Waals surface area contributed by atoms with Gasteiger partial charge in [-0.25, -0.2) is 18.5 Å². The van der Waals surface area contributed by atoms with Gasteiger partial charge in [-0.05, 0) is 30.7 Å². The van der Waals surface area contributed by atoms with Crippen molar-refractivity contribution in [1.82, 2.24) is 4.57 Å². The van der Waals surface area contributed by atoms with Gasteiger partial charge in [0, 0.05) is 17.5 Å². The third kappa shape index (κ3) is 4.07. The summed E-state index contributed by atoms with van der Waals surface area (Å²) in [5, 5.41) is 7.35. The number of halogens is 1. The number of nitrogens with zero attached hydrogens (tertiary/aromatic N) is 2. The number of para-hydroxylation sites is 1. The van der Waals surface area contributed by atoms with E-state index >= 15 is 0 Å². The van der Waals surface area contributed by atoms with Gasteiger partial charge in [0.1, 0.15) is 4.90 Å². The van der Waals surface area contributed by atoms with Crippen LogP contribution in [0.15, 0.2) is 63.8 Å². The van der Waals surface area contributed by atoms with Gasteiger partial charge in [0.15, 0.2) is 4.80 Å². The first kappa shape index (κ1) is 18.8. The Kier molecular flexibility index (Phi) is 5.62. The fraction of sp³-hybridized carbons (Fsp3) is 0.167. The molecule has 5 nitrogen and oxygen atoms in total. The predicted octanol–water partition coefficient (Wildman–Crippen LogP) is 4.16. The van der Waals surface area contributed by atoms with Crippen LogP contribution >= 0.6 is 22.9 Å². The molecule has 1 heterocycles. The molecule has 0 spiro atoms. The molecule has 0 saturated heterocycles. The summed E-state index contributed by atoms with van der Waals surface area (Å²) in [5.41, 5.74) is 2.48. The van der Waals surface area contributed by atoms with Crippen molar-refractivity contribution in [1.29, 1.82) is 0 Å². The Morgan fingerprint density at radius 3 is 2.58 bits per heavy atom. The van der Waals surface area contributed by atoms with Crippen molar-refractivity contribution >= 4 is 38.6 Å². The average Bonchev–Trinajstić information content (AvgIpc) is 2.98. The Balaban J connectivity index is 2.17. The highest BCUT2D eigenvalue weighted by Gasteiger charge is 2.16. The van der Waals surface area contributed by atoms with E-state index in [1.807, 2.05) is 35.7 Å². The van der Waals surface area contributed by atoms with Crippen LogP contribution in [0.5, 0.6) is 0 Å². The molecule has 8 heteroatoms. The third-order valence-corrected chi connectivity index (χ3v) is 6.02. The minimum absolute atomic E-state index is 0.0764. The number of primary sulfonamides is 1. The molecule has 3 rings (SSSR count). The van der Waals surface area contributed by atoms with Crippen molar-refractivity contribution in [2.24, 2.45) is 10.1 Å². The molecule has 0 aliphatic carbocycles. The molecular formula is C18H18ClN3O2S2. The van der Waals surface area contributed by atoms with Gasteiger partial charge in [0.2, 0.25) is 10.0 Å². The second-order valence-corrected chi connectivity index (χ2v) is 8.47. The lowest BCUT2D eigenvalue weighted by Crippen LogP contribution is -2.16. The second kappa shape index (κ2) is 7.75. The lowest BCUT2D eigenvalue weighted by molar-refractivity contribution is 0.598. The lowest BCUT2D eigenvalue weighted by Gasteiger charge is -2.10. The highest BCUT2D eigenvalue weighted by Crippen LogP contribution is 2.28. The van der Waals surface area contributed by atoms with Crippen molar-refractivity contribution in [3.8, 4) is 11.3 Å². The van der Waals surface area contributed by atoms with Gasteiger partial charge >= 0.3 is 0 Å². The van der Waals surface area contributed by atoms with Crippen molar-refractivity contribution < 1.29 is 8.42 Å². The van der Waals surface area contributed by atoms with Crippen molar-refractivity contribution in [2.45, 2.75) is 24.8 Å². The van der Waals surface area contributed by atoms with Crippen LogP contribution in [0.4, 0.5) is 5.69 Å². The minimum atomic E-state index is -3.89. The van der Waals surface area contributed by atoms with E-state index in [2.05, 4.69) is 11.5 Å². The van der Waals surface area contributed by atoms with Crippen LogP contribution in [0.25, 0.3) is 11.3 Å². The number of thiazole rings is 1. The quantitative estimate of drug-likeness (QED) is 0.689. The number of rotatable bonds is 5. The fourth-order valence-electron chi connectivity index (χ4n) is 2.58. The molecule has 0 aliphatic rings. The van der Waals surface area contributed by atoms with E-state index < -0.39 is 10.0 Å². The van der Waals surface area contributed by atoms with E-state index in [4.69, 9.17) is 21.7 Å². The molecule has 0 radical (unpaired) electrons. The molecular weight excluding hydrogens is 390 g/mol. The number of sulfonamides is 1. The van der Waals surface area contributed by atoms with Gasteiger partial charge in [-0.3, -0.25) is 0 Å². The molecule has 0 bridgehead atoms. The molecule has 136 valence electrons. The van der Waals surface area contributed by atoms with Gasteiger partial charge in [0.25, 0.3) is 0 Å². The monoisotopic (exact) mass is 407 g/mol. The third-order valence-electron chi connectivity index (χ3n) is 3.76. The first-order chi connectivity index (χ1) is 12.4. The number of aromatic nitrogens is 1. The first-order valence-electron chi connectivity index (χ1n) is 8.01. The summed E-state index contributed by atoms with van der Waals surface area (Å²) in [6.07, 6.45) is 0.918. The second-order valence-electron chi connectivity index (χ2n) is 5.69. The Labute approximate surface area is 161 Å². The summed E-state index contributed by atoms with van der Waals surface area (Å²) < 4.78 is 25.6. The molecule has 0 aliphatic heterocycles. The van der Waals surface area contributed by atoms with E-state index in [9.17, 15) is 8.42 Å². The molecule has 0 fully saturated rings. The van der Waals surface area contributed by atoms with Gasteiger partial charge in [0.05, 0.1) is 16.4 Å². The van der Waals surface area contributed by atoms with Crippen LogP contribution in [-0.2, 0) is 16.6 Å². The van der Waals surface area contributed by atoms with Gasteiger partial charge < -0.3 is 4.57 Å². The van der Waals surface area contributed by atoms with E-state index in [1.54, 1.807) is 12.1 Å². The van der Waals surface area contributed by atoms with E-state index in [0.29, 0.717) is 0 Å². The zero-order chi connectivity index (χ0) is 18.7. The van der Waals surface area contributed by atoms with Gasteiger partial charge in [-0.2, -0.15) is 0 Å². The number of nitrogens with two attached hydrogens (primary N) is 1. The Bertz CT molecular complexity index is 1090. The summed E-state index contributed by atoms with van der Waals surface area (Å²) >= 11 is 7.51. The molecule has 2 aromatic carbocycles. The summed E-state index contributed by atoms with van der Waals surface area (Å²) in [6, 6.07) is 14.6. The van der Waals surface area contributed by atoms with Crippen LogP contribution in [0, 0.1) is 0 Å². The maximum Gasteiger partial charge on any atom is 0.239 e. The average molecular weight is 408 g/mol. The van der Waals surface area contributed by atoms with Crippen LogP contribution < -0.4 is 9.94 Å². The van der Waals surface area contributed by atoms with Crippen molar-refractivity contribution in [3.63, 3.8) is 0 Å². The maximum absolute atomic E-state index is 11.8. The number of hydrogen-bond donors (Lipinski definition) is 1. The molecule has 1 aromatic heterocycles. The predicted molar refractivity (Wildman–Crippen MR) is 106 cm³/mol. The summed E-state index contributed by atoms with van der Waals surface area (Å²) in [7, 11) is -3.89. The first-order valence-corrected chi connectivity index (χ1v) is 10.8. The van der Waals surface area contributed by atoms with Gasteiger partial charge in [-0.1, -0.05) is 42.8 Å². The molecule has 0 atom stereocenters. The Morgan fingerprint density at radius 1 is 1.19 bits per heavy atom. The van der Waals surface area contributed by atoms with E-state index in [-0.39, 0.29) is 9.92 Å². The molecule has 26 heavy (non-hydrogen) atoms. The normalized spacial score (nSPS) is 12.5. The smallest absolute Gasteiger partial charge is 0.239 e.